The van der Waals surface area contributed by atoms with Crippen LogP contribution in [0.15, 0.2) is 30.3 Å². The molecule has 1 aliphatic heterocycles. The Labute approximate surface area is 121 Å². The lowest BCUT2D eigenvalue weighted by Crippen LogP contribution is -2.21. The first-order valence-electron chi connectivity index (χ1n) is 5.93. The molecule has 0 aliphatic carbocycles. The van der Waals surface area contributed by atoms with Crippen LogP contribution in [0.1, 0.15) is 24.8 Å². The van der Waals surface area contributed by atoms with Gasteiger partial charge in [-0.05, 0) is 27.5 Å². The van der Waals surface area contributed by atoms with Gasteiger partial charge in [-0.15, -0.1) is 0 Å². The maximum absolute atomic E-state index is 4.93. The lowest BCUT2D eigenvalue weighted by Gasteiger charge is -2.21. The molecule has 0 aromatic heterocycles. The number of hydrogen-bond acceptors (Lipinski definition) is 3. The summed E-state index contributed by atoms with van der Waals surface area (Å²) in [6.45, 7) is 3.31. The lowest BCUT2D eigenvalue weighted by molar-refractivity contribution is 0.185. The Morgan fingerprint density at radius 1 is 1.18 bits per heavy atom. The maximum Gasteiger partial charge on any atom is 0.0713 e. The fraction of sp³-hybridized carbons (Fsp3) is 0.538. The highest BCUT2D eigenvalue weighted by molar-refractivity contribution is 14.2. The molecule has 1 saturated heterocycles. The van der Waals surface area contributed by atoms with Gasteiger partial charge in [0.2, 0.25) is 0 Å². The second-order valence-corrected chi connectivity index (χ2v) is 5.81. The average molecular weight is 365 g/mol. The van der Waals surface area contributed by atoms with Gasteiger partial charge in [0, 0.05) is 41.4 Å². The minimum absolute atomic E-state index is 0.709. The zero-order chi connectivity index (χ0) is 12.3. The summed E-state index contributed by atoms with van der Waals surface area (Å²) in [4.78, 5) is 0. The molecule has 17 heavy (non-hydrogen) atoms. The van der Waals surface area contributed by atoms with E-state index < -0.39 is 0 Å². The van der Waals surface area contributed by atoms with E-state index in [1.807, 2.05) is 39.5 Å². The molecular weight excluding hydrogens is 345 g/mol. The third kappa shape index (κ3) is 7.28. The zero-order valence-corrected chi connectivity index (χ0v) is 13.2. The molecule has 1 aromatic rings. The molecule has 1 heterocycles. The first kappa shape index (κ1) is 15.3. The van der Waals surface area contributed by atoms with Gasteiger partial charge in [-0.3, -0.25) is 0 Å². The van der Waals surface area contributed by atoms with Gasteiger partial charge >= 0.3 is 0 Å². The Kier molecular flexibility index (Phi) is 9.14. The van der Waals surface area contributed by atoms with Gasteiger partial charge in [0.05, 0.1) is 6.61 Å². The summed E-state index contributed by atoms with van der Waals surface area (Å²) >= 11 is 2.35. The van der Waals surface area contributed by atoms with Crippen molar-refractivity contribution in [3.63, 3.8) is 0 Å². The average Bonchev–Trinajstić information content (AvgIpc) is 2.42. The van der Waals surface area contributed by atoms with E-state index in [0.29, 0.717) is 6.61 Å². The fourth-order valence-corrected chi connectivity index (χ4v) is 3.25. The Balaban J connectivity index is 0.000000171. The smallest absolute Gasteiger partial charge is 0.0713 e. The SMILES string of the molecule is COCc1ccccc1.ISN1CCCCC1. The summed E-state index contributed by atoms with van der Waals surface area (Å²) in [6, 6.07) is 10.1. The number of piperidine rings is 1. The van der Waals surface area contributed by atoms with E-state index in [-0.39, 0.29) is 0 Å². The van der Waals surface area contributed by atoms with Crippen molar-refractivity contribution in [2.75, 3.05) is 20.2 Å². The van der Waals surface area contributed by atoms with Crippen molar-refractivity contribution in [2.45, 2.75) is 25.9 Å². The van der Waals surface area contributed by atoms with Crippen molar-refractivity contribution in [2.24, 2.45) is 0 Å². The van der Waals surface area contributed by atoms with Gasteiger partial charge < -0.3 is 4.74 Å². The van der Waals surface area contributed by atoms with Gasteiger partial charge in [-0.2, -0.15) is 0 Å². The van der Waals surface area contributed by atoms with Crippen molar-refractivity contribution < 1.29 is 4.74 Å². The molecule has 1 aliphatic rings. The molecule has 4 heteroatoms. The first-order valence-corrected chi connectivity index (χ1v) is 9.25. The molecule has 0 saturated carbocycles. The predicted molar refractivity (Wildman–Crippen MR) is 84.2 cm³/mol. The topological polar surface area (TPSA) is 12.5 Å². The maximum atomic E-state index is 4.93. The normalized spacial score (nSPS) is 16.1. The number of halogens is 1. The number of nitrogens with zero attached hydrogens (tertiary/aromatic N) is 1. The fourth-order valence-electron chi connectivity index (χ4n) is 1.67. The van der Waals surface area contributed by atoms with Crippen LogP contribution in [0.3, 0.4) is 0 Å². The summed E-state index contributed by atoms with van der Waals surface area (Å²) in [6.07, 6.45) is 4.24. The van der Waals surface area contributed by atoms with Crippen LogP contribution in [-0.4, -0.2) is 24.5 Å². The van der Waals surface area contributed by atoms with Crippen LogP contribution in [0.5, 0.6) is 0 Å². The highest BCUT2D eigenvalue weighted by Crippen LogP contribution is 2.22. The van der Waals surface area contributed by atoms with Crippen LogP contribution in [0.4, 0.5) is 0 Å². The number of methoxy groups -OCH3 is 1. The Bertz CT molecular complexity index is 278. The largest absolute Gasteiger partial charge is 0.380 e. The van der Waals surface area contributed by atoms with Crippen molar-refractivity contribution in [1.29, 1.82) is 0 Å². The van der Waals surface area contributed by atoms with E-state index >= 15 is 0 Å². The minimum atomic E-state index is 0.709. The Morgan fingerprint density at radius 2 is 1.82 bits per heavy atom. The van der Waals surface area contributed by atoms with Crippen LogP contribution < -0.4 is 0 Å². The monoisotopic (exact) mass is 365 g/mol. The quantitative estimate of drug-likeness (QED) is 0.585. The molecule has 0 amide bonds. The van der Waals surface area contributed by atoms with Gasteiger partial charge in [0.1, 0.15) is 0 Å². The molecule has 0 radical (unpaired) electrons. The second-order valence-electron chi connectivity index (χ2n) is 3.98. The molecule has 0 N–H and O–H groups in total. The van der Waals surface area contributed by atoms with Gasteiger partial charge in [0.25, 0.3) is 0 Å². The number of rotatable bonds is 3. The number of hydrogen-bond donors (Lipinski definition) is 0. The molecule has 0 bridgehead atoms. The van der Waals surface area contributed by atoms with E-state index in [0.717, 1.165) is 0 Å². The summed E-state index contributed by atoms with van der Waals surface area (Å²) in [5, 5.41) is 0. The van der Waals surface area contributed by atoms with E-state index in [9.17, 15) is 0 Å². The van der Waals surface area contributed by atoms with E-state index in [4.69, 9.17) is 4.74 Å². The van der Waals surface area contributed by atoms with Gasteiger partial charge in [-0.1, -0.05) is 36.8 Å². The summed E-state index contributed by atoms with van der Waals surface area (Å²) in [5.41, 5.74) is 1.22. The summed E-state index contributed by atoms with van der Waals surface area (Å²) < 4.78 is 7.35. The molecule has 0 atom stereocenters. The standard InChI is InChI=1S/C8H10O.C5H10INS/c1-9-7-8-5-3-2-4-6-8;6-8-7-4-2-1-3-5-7/h2-6H,7H2,1H3;1-5H2. The van der Waals surface area contributed by atoms with Crippen LogP contribution in [0.2, 0.25) is 0 Å². The van der Waals surface area contributed by atoms with E-state index in [1.54, 1.807) is 7.11 Å². The van der Waals surface area contributed by atoms with Gasteiger partial charge in [0.15, 0.2) is 0 Å². The molecule has 0 unspecified atom stereocenters. The van der Waals surface area contributed by atoms with Gasteiger partial charge in [-0.25, -0.2) is 4.31 Å². The summed E-state index contributed by atoms with van der Waals surface area (Å²) in [7, 11) is 3.55. The highest BCUT2D eigenvalue weighted by Gasteiger charge is 2.07. The molecular formula is C13H20INOS. The van der Waals surface area contributed by atoms with Crippen LogP contribution in [0.25, 0.3) is 0 Å². The van der Waals surface area contributed by atoms with Crippen molar-refractivity contribution in [1.82, 2.24) is 4.31 Å². The van der Waals surface area contributed by atoms with Crippen LogP contribution >= 0.6 is 30.3 Å². The Morgan fingerprint density at radius 3 is 2.29 bits per heavy atom. The molecule has 96 valence electrons. The third-order valence-electron chi connectivity index (χ3n) is 2.57. The van der Waals surface area contributed by atoms with Crippen LogP contribution in [0, 0.1) is 0 Å². The Hall–Kier alpha value is 0.220. The predicted octanol–water partition coefficient (Wildman–Crippen LogP) is 4.30. The van der Waals surface area contributed by atoms with Crippen LogP contribution in [-0.2, 0) is 11.3 Å². The highest BCUT2D eigenvalue weighted by atomic mass is 127. The number of benzene rings is 1. The molecule has 1 fully saturated rings. The van der Waals surface area contributed by atoms with Crippen molar-refractivity contribution in [3.8, 4) is 0 Å². The third-order valence-corrected chi connectivity index (χ3v) is 4.80. The lowest BCUT2D eigenvalue weighted by atomic mass is 10.2. The minimum Gasteiger partial charge on any atom is -0.380 e. The molecule has 1 aromatic carbocycles. The van der Waals surface area contributed by atoms with E-state index in [2.05, 4.69) is 25.5 Å². The summed E-state index contributed by atoms with van der Waals surface area (Å²) in [5.74, 6) is 0. The molecule has 0 spiro atoms. The van der Waals surface area contributed by atoms with Crippen molar-refractivity contribution in [3.05, 3.63) is 35.9 Å². The molecule has 2 nitrogen and oxygen atoms in total. The molecule has 2 rings (SSSR count). The zero-order valence-electron chi connectivity index (χ0n) is 10.3. The number of ether oxygens (including phenoxy) is 1. The first-order chi connectivity index (χ1) is 8.36. The second kappa shape index (κ2) is 10.2. The van der Waals surface area contributed by atoms with Crippen molar-refractivity contribution >= 4 is 30.3 Å². The van der Waals surface area contributed by atoms with E-state index in [1.165, 1.54) is 37.9 Å².